The average molecular weight is 318 g/mol. The van der Waals surface area contributed by atoms with Crippen molar-refractivity contribution < 1.29 is 18.3 Å². The number of nitrogens with one attached hydrogen (secondary N) is 1. The molecule has 0 amide bonds. The molecule has 2 rings (SSSR count). The molecule has 0 fully saturated rings. The van der Waals surface area contributed by atoms with Crippen LogP contribution in [0, 0.1) is 6.92 Å². The minimum absolute atomic E-state index is 0.0424. The van der Waals surface area contributed by atoms with Gasteiger partial charge in [0.1, 0.15) is 0 Å². The molecule has 2 aromatic rings. The van der Waals surface area contributed by atoms with Crippen molar-refractivity contribution in [2.45, 2.75) is 11.8 Å². The number of aromatic carboxylic acids is 1. The van der Waals surface area contributed by atoms with Crippen molar-refractivity contribution in [3.05, 3.63) is 65.2 Å². The van der Waals surface area contributed by atoms with E-state index in [2.05, 4.69) is 9.93 Å². The van der Waals surface area contributed by atoms with Crippen LogP contribution in [-0.4, -0.2) is 25.7 Å². The number of rotatable bonds is 5. The summed E-state index contributed by atoms with van der Waals surface area (Å²) < 4.78 is 24.0. The highest BCUT2D eigenvalue weighted by Crippen LogP contribution is 2.10. The van der Waals surface area contributed by atoms with Crippen LogP contribution in [-0.2, 0) is 10.0 Å². The van der Waals surface area contributed by atoms with Gasteiger partial charge in [0.05, 0.1) is 16.7 Å². The Morgan fingerprint density at radius 1 is 1.14 bits per heavy atom. The third-order valence-electron chi connectivity index (χ3n) is 2.90. The van der Waals surface area contributed by atoms with E-state index in [0.29, 0.717) is 5.56 Å². The number of carboxylic acids is 1. The molecule has 0 aromatic heterocycles. The summed E-state index contributed by atoms with van der Waals surface area (Å²) in [5, 5.41) is 12.7. The number of carboxylic acid groups (broad SMARTS) is 1. The fourth-order valence-electron chi connectivity index (χ4n) is 1.74. The number of nitrogens with zero attached hydrogens (tertiary/aromatic N) is 1. The Balaban J connectivity index is 2.19. The normalized spacial score (nSPS) is 11.5. The molecule has 0 bridgehead atoms. The maximum atomic E-state index is 12.0. The van der Waals surface area contributed by atoms with E-state index in [1.165, 1.54) is 24.3 Å². The maximum absolute atomic E-state index is 12.0. The number of carbonyl (C=O) groups is 1. The van der Waals surface area contributed by atoms with Crippen molar-refractivity contribution in [3.63, 3.8) is 0 Å². The van der Waals surface area contributed by atoms with Gasteiger partial charge in [-0.1, -0.05) is 35.9 Å². The molecule has 0 aliphatic heterocycles. The minimum Gasteiger partial charge on any atom is -0.478 e. The predicted octanol–water partition coefficient (Wildman–Crippen LogP) is 2.01. The number of hydrogen-bond acceptors (Lipinski definition) is 4. The molecule has 2 N–H and O–H groups in total. The zero-order valence-corrected chi connectivity index (χ0v) is 12.5. The Morgan fingerprint density at radius 2 is 1.77 bits per heavy atom. The number of hydrazone groups is 1. The molecule has 0 saturated heterocycles. The summed E-state index contributed by atoms with van der Waals surface area (Å²) in [6.45, 7) is 1.85. The number of sulfonamides is 1. The fraction of sp³-hybridized carbons (Fsp3) is 0.0667. The number of benzene rings is 2. The minimum atomic E-state index is -3.78. The van der Waals surface area contributed by atoms with Gasteiger partial charge in [0.25, 0.3) is 10.0 Å². The lowest BCUT2D eigenvalue weighted by Gasteiger charge is -2.04. The standard InChI is InChI=1S/C15H14N2O4S/c1-11-6-8-13(9-7-11)22(20,21)17-16-10-12-4-2-3-5-14(12)15(18)19/h2-10,17H,1H3,(H,18,19)/b16-10-. The van der Waals surface area contributed by atoms with Crippen molar-refractivity contribution in [2.75, 3.05) is 0 Å². The fourth-order valence-corrected chi connectivity index (χ4v) is 2.53. The first kappa shape index (κ1) is 15.7. The highest BCUT2D eigenvalue weighted by atomic mass is 32.2. The van der Waals surface area contributed by atoms with Gasteiger partial charge >= 0.3 is 5.97 Å². The zero-order chi connectivity index (χ0) is 16.2. The van der Waals surface area contributed by atoms with Crippen LogP contribution in [0.15, 0.2) is 58.5 Å². The van der Waals surface area contributed by atoms with E-state index in [4.69, 9.17) is 5.11 Å². The van der Waals surface area contributed by atoms with Crippen LogP contribution >= 0.6 is 0 Å². The first-order valence-electron chi connectivity index (χ1n) is 6.34. The molecular weight excluding hydrogens is 304 g/mol. The highest BCUT2D eigenvalue weighted by Gasteiger charge is 2.12. The van der Waals surface area contributed by atoms with Crippen LogP contribution in [0.2, 0.25) is 0 Å². The largest absolute Gasteiger partial charge is 0.478 e. The van der Waals surface area contributed by atoms with Crippen LogP contribution < -0.4 is 4.83 Å². The van der Waals surface area contributed by atoms with Crippen LogP contribution in [0.25, 0.3) is 0 Å². The van der Waals surface area contributed by atoms with Crippen molar-refractivity contribution in [3.8, 4) is 0 Å². The van der Waals surface area contributed by atoms with Crippen LogP contribution in [0.1, 0.15) is 21.5 Å². The highest BCUT2D eigenvalue weighted by molar-refractivity contribution is 7.89. The lowest BCUT2D eigenvalue weighted by molar-refractivity contribution is 0.0696. The molecule has 22 heavy (non-hydrogen) atoms. The van der Waals surface area contributed by atoms with Crippen molar-refractivity contribution >= 4 is 22.2 Å². The third-order valence-corrected chi connectivity index (χ3v) is 4.14. The molecule has 7 heteroatoms. The third kappa shape index (κ3) is 3.70. The molecule has 6 nitrogen and oxygen atoms in total. The summed E-state index contributed by atoms with van der Waals surface area (Å²) in [5.41, 5.74) is 1.29. The van der Waals surface area contributed by atoms with Gasteiger partial charge in [0, 0.05) is 5.56 Å². The predicted molar refractivity (Wildman–Crippen MR) is 82.5 cm³/mol. The Morgan fingerprint density at radius 3 is 2.41 bits per heavy atom. The topological polar surface area (TPSA) is 95.8 Å². The van der Waals surface area contributed by atoms with E-state index in [0.717, 1.165) is 11.8 Å². The molecule has 0 unspecified atom stereocenters. The first-order chi connectivity index (χ1) is 10.4. The van der Waals surface area contributed by atoms with E-state index in [1.54, 1.807) is 24.3 Å². The molecule has 0 spiro atoms. The van der Waals surface area contributed by atoms with Gasteiger partial charge in [0.2, 0.25) is 0 Å². The Bertz CT molecular complexity index is 812. The van der Waals surface area contributed by atoms with E-state index in [9.17, 15) is 13.2 Å². The summed E-state index contributed by atoms with van der Waals surface area (Å²) in [6.07, 6.45) is 1.16. The molecule has 0 aliphatic rings. The summed E-state index contributed by atoms with van der Waals surface area (Å²) in [7, 11) is -3.78. The second-order valence-electron chi connectivity index (χ2n) is 4.56. The molecule has 114 valence electrons. The lowest BCUT2D eigenvalue weighted by atomic mass is 10.1. The summed E-state index contributed by atoms with van der Waals surface area (Å²) in [4.78, 5) is 13.2. The van der Waals surface area contributed by atoms with Gasteiger partial charge in [-0.3, -0.25) is 0 Å². The monoisotopic (exact) mass is 318 g/mol. The van der Waals surface area contributed by atoms with E-state index < -0.39 is 16.0 Å². The van der Waals surface area contributed by atoms with Gasteiger partial charge in [-0.05, 0) is 25.1 Å². The van der Waals surface area contributed by atoms with Gasteiger partial charge in [-0.25, -0.2) is 9.63 Å². The van der Waals surface area contributed by atoms with Crippen molar-refractivity contribution in [1.82, 2.24) is 4.83 Å². The van der Waals surface area contributed by atoms with Crippen LogP contribution in [0.4, 0.5) is 0 Å². The van der Waals surface area contributed by atoms with Gasteiger partial charge in [-0.15, -0.1) is 0 Å². The van der Waals surface area contributed by atoms with Crippen LogP contribution in [0.5, 0.6) is 0 Å². The molecule has 0 atom stereocenters. The Kier molecular flexibility index (Phi) is 4.57. The second kappa shape index (κ2) is 6.40. The van der Waals surface area contributed by atoms with E-state index >= 15 is 0 Å². The average Bonchev–Trinajstić information content (AvgIpc) is 2.48. The summed E-state index contributed by atoms with van der Waals surface area (Å²) in [6, 6.07) is 12.5. The second-order valence-corrected chi connectivity index (χ2v) is 6.22. The smallest absolute Gasteiger partial charge is 0.336 e. The lowest BCUT2D eigenvalue weighted by Crippen LogP contribution is -2.18. The van der Waals surface area contributed by atoms with Crippen molar-refractivity contribution in [1.29, 1.82) is 0 Å². The first-order valence-corrected chi connectivity index (χ1v) is 7.82. The Hall–Kier alpha value is -2.67. The quantitative estimate of drug-likeness (QED) is 0.651. The summed E-state index contributed by atoms with van der Waals surface area (Å²) >= 11 is 0. The van der Waals surface area contributed by atoms with Gasteiger partial charge in [-0.2, -0.15) is 13.5 Å². The molecule has 0 radical (unpaired) electrons. The zero-order valence-electron chi connectivity index (χ0n) is 11.7. The molecule has 0 heterocycles. The summed E-state index contributed by atoms with van der Waals surface area (Å²) in [5.74, 6) is -1.11. The maximum Gasteiger partial charge on any atom is 0.336 e. The Labute approximate surface area is 128 Å². The van der Waals surface area contributed by atoms with E-state index in [-0.39, 0.29) is 10.5 Å². The van der Waals surface area contributed by atoms with Gasteiger partial charge in [0.15, 0.2) is 0 Å². The van der Waals surface area contributed by atoms with Crippen molar-refractivity contribution in [2.24, 2.45) is 5.10 Å². The molecule has 2 aromatic carbocycles. The van der Waals surface area contributed by atoms with Crippen LogP contribution in [0.3, 0.4) is 0 Å². The SMILES string of the molecule is Cc1ccc(S(=O)(=O)N/N=C\c2ccccc2C(=O)O)cc1. The number of aryl methyl sites for hydroxylation is 1. The molecular formula is C15H14N2O4S. The molecule has 0 saturated carbocycles. The molecule has 0 aliphatic carbocycles. The van der Waals surface area contributed by atoms with Gasteiger partial charge < -0.3 is 5.11 Å². The number of hydrogen-bond donors (Lipinski definition) is 2. The van der Waals surface area contributed by atoms with E-state index in [1.807, 2.05) is 6.92 Å².